The average molecular weight is 515 g/mol. The summed E-state index contributed by atoms with van der Waals surface area (Å²) >= 11 is 0. The maximum Gasteiger partial charge on any atom is 0.256 e. The monoisotopic (exact) mass is 514 g/mol. The van der Waals surface area contributed by atoms with E-state index in [1.807, 2.05) is 25.2 Å². The summed E-state index contributed by atoms with van der Waals surface area (Å²) in [6.45, 7) is 7.17. The van der Waals surface area contributed by atoms with E-state index in [9.17, 15) is 9.90 Å². The Morgan fingerprint density at radius 3 is 2.72 bits per heavy atom. The van der Waals surface area contributed by atoms with Gasteiger partial charge in [0.15, 0.2) is 0 Å². The molecule has 3 heterocycles. The normalized spacial score (nSPS) is 23.2. The van der Waals surface area contributed by atoms with Crippen LogP contribution >= 0.6 is 12.4 Å². The number of likely N-dealkylation sites (N-methyl/N-ethyl adjacent to an activating group) is 1. The van der Waals surface area contributed by atoms with E-state index in [1.54, 1.807) is 4.90 Å². The number of β-amino-alcohol motifs (C(OH)–C–C–N with tert-alkyl or cyclic N) is 1. The minimum Gasteiger partial charge on any atom is -0.490 e. The molecule has 5 rings (SSSR count). The summed E-state index contributed by atoms with van der Waals surface area (Å²) in [5.41, 5.74) is 4.32. The molecular weight excluding hydrogens is 476 g/mol. The van der Waals surface area contributed by atoms with Gasteiger partial charge in [-0.3, -0.25) is 9.69 Å². The van der Waals surface area contributed by atoms with E-state index in [0.29, 0.717) is 31.2 Å². The van der Waals surface area contributed by atoms with Gasteiger partial charge >= 0.3 is 0 Å². The number of nitrogens with zero attached hydrogens (tertiary/aromatic N) is 3. The number of piperidine rings is 1. The molecule has 2 N–H and O–H groups in total. The van der Waals surface area contributed by atoms with E-state index in [-0.39, 0.29) is 24.4 Å². The number of ether oxygens (including phenoxy) is 1. The van der Waals surface area contributed by atoms with Gasteiger partial charge in [-0.15, -0.1) is 12.4 Å². The van der Waals surface area contributed by atoms with Gasteiger partial charge < -0.3 is 25.0 Å². The fraction of sp³-hybridized carbons (Fsp3) is 0.536. The number of nitrogens with one attached hydrogen (secondary N) is 1. The molecule has 3 atom stereocenters. The Balaban J connectivity index is 0.00000304. The van der Waals surface area contributed by atoms with Crippen molar-refractivity contribution in [3.63, 3.8) is 0 Å². The van der Waals surface area contributed by atoms with Gasteiger partial charge in [0.25, 0.3) is 5.91 Å². The minimum absolute atomic E-state index is 0. The summed E-state index contributed by atoms with van der Waals surface area (Å²) in [4.78, 5) is 19.7. The van der Waals surface area contributed by atoms with Crippen LogP contribution in [0.25, 0.3) is 0 Å². The van der Waals surface area contributed by atoms with Crippen LogP contribution < -0.4 is 15.0 Å². The van der Waals surface area contributed by atoms with E-state index in [1.165, 1.54) is 11.1 Å². The molecular formula is C28H39ClN4O3. The molecule has 3 aliphatic heterocycles. The number of hydrogen-bond donors (Lipinski definition) is 2. The van der Waals surface area contributed by atoms with Crippen LogP contribution in [0.4, 0.5) is 5.69 Å². The molecule has 36 heavy (non-hydrogen) atoms. The first-order valence-electron chi connectivity index (χ1n) is 13.0. The Kier molecular flexibility index (Phi) is 8.78. The van der Waals surface area contributed by atoms with E-state index in [0.717, 1.165) is 56.9 Å². The fourth-order valence-electron chi connectivity index (χ4n) is 5.62. The maximum atomic E-state index is 13.4. The van der Waals surface area contributed by atoms with Crippen LogP contribution in [-0.4, -0.2) is 85.4 Å². The van der Waals surface area contributed by atoms with Gasteiger partial charge in [0.05, 0.1) is 17.4 Å². The molecule has 2 aromatic carbocycles. The predicted octanol–water partition coefficient (Wildman–Crippen LogP) is 2.94. The average Bonchev–Trinajstić information content (AvgIpc) is 2.96. The first-order chi connectivity index (χ1) is 17.0. The van der Waals surface area contributed by atoms with E-state index in [2.05, 4.69) is 46.3 Å². The summed E-state index contributed by atoms with van der Waals surface area (Å²) in [6.07, 6.45) is 2.60. The molecule has 0 aromatic heterocycles. The lowest BCUT2D eigenvalue weighted by atomic mass is 10.00. The molecule has 8 heteroatoms. The number of fused-ring (bicyclic) bond motifs is 2. The van der Waals surface area contributed by atoms with Crippen LogP contribution in [0.2, 0.25) is 0 Å². The number of anilines is 1. The Morgan fingerprint density at radius 1 is 1.11 bits per heavy atom. The molecule has 0 radical (unpaired) electrons. The molecule has 0 aliphatic carbocycles. The molecule has 1 fully saturated rings. The van der Waals surface area contributed by atoms with E-state index in [4.69, 9.17) is 4.74 Å². The third-order valence-electron chi connectivity index (χ3n) is 7.59. The second-order valence-corrected chi connectivity index (χ2v) is 10.4. The van der Waals surface area contributed by atoms with Gasteiger partial charge in [-0.05, 0) is 56.0 Å². The van der Waals surface area contributed by atoms with Crippen molar-refractivity contribution < 1.29 is 14.6 Å². The summed E-state index contributed by atoms with van der Waals surface area (Å²) in [5.74, 6) is 0.802. The highest BCUT2D eigenvalue weighted by Gasteiger charge is 2.28. The van der Waals surface area contributed by atoms with Crippen molar-refractivity contribution in [2.75, 3.05) is 51.2 Å². The van der Waals surface area contributed by atoms with Gasteiger partial charge in [-0.25, -0.2) is 0 Å². The first-order valence-corrected chi connectivity index (χ1v) is 13.0. The topological polar surface area (TPSA) is 68.3 Å². The highest BCUT2D eigenvalue weighted by molar-refractivity contribution is 6.00. The smallest absolute Gasteiger partial charge is 0.256 e. The zero-order chi connectivity index (χ0) is 24.4. The van der Waals surface area contributed by atoms with Crippen molar-refractivity contribution in [2.45, 2.75) is 51.0 Å². The predicted molar refractivity (Wildman–Crippen MR) is 145 cm³/mol. The summed E-state index contributed by atoms with van der Waals surface area (Å²) in [5, 5.41) is 14.4. The van der Waals surface area contributed by atoms with Crippen LogP contribution in [0.5, 0.6) is 5.75 Å². The Hall–Kier alpha value is -2.32. The van der Waals surface area contributed by atoms with Gasteiger partial charge in [-0.2, -0.15) is 0 Å². The lowest BCUT2D eigenvalue weighted by molar-refractivity contribution is 0.0521. The highest BCUT2D eigenvalue weighted by Crippen LogP contribution is 2.30. The number of hydrogen-bond acceptors (Lipinski definition) is 6. The lowest BCUT2D eigenvalue weighted by Gasteiger charge is -2.32. The Morgan fingerprint density at radius 2 is 1.92 bits per heavy atom. The van der Waals surface area contributed by atoms with Crippen LogP contribution in [0, 0.1) is 0 Å². The van der Waals surface area contributed by atoms with Gasteiger partial charge in [0.2, 0.25) is 0 Å². The van der Waals surface area contributed by atoms with Crippen LogP contribution in [0.15, 0.2) is 42.5 Å². The minimum atomic E-state index is -0.583. The molecule has 0 bridgehead atoms. The Bertz CT molecular complexity index is 1050. The third-order valence-corrected chi connectivity index (χ3v) is 7.59. The lowest BCUT2D eigenvalue weighted by Crippen LogP contribution is -2.44. The van der Waals surface area contributed by atoms with Crippen LogP contribution in [-0.2, 0) is 13.0 Å². The molecule has 1 amide bonds. The number of benzene rings is 2. The number of aliphatic hydroxyl groups is 1. The van der Waals surface area contributed by atoms with Gasteiger partial charge in [0, 0.05) is 58.4 Å². The number of carbonyl (C=O) groups is 1. The standard InChI is InChI=1S/C28H38N4O3.ClH/c1-20-15-25(9-11-29-20)35-24-7-8-26-27(16-24)30(2)13-14-32(28(26)34)19-23(33)18-31-12-10-21-5-3-4-6-22(21)17-31;/h3-8,16,20,23,25,29,33H,9-15,17-19H2,1-2H3;1H. The zero-order valence-electron chi connectivity index (χ0n) is 21.4. The SMILES string of the molecule is CC1CC(Oc2ccc3c(c2)N(C)CCN(CC(O)CN2CCc4ccccc4C2)C3=O)CCN1.Cl. The summed E-state index contributed by atoms with van der Waals surface area (Å²) < 4.78 is 6.28. The van der Waals surface area contributed by atoms with Crippen LogP contribution in [0.1, 0.15) is 41.3 Å². The maximum absolute atomic E-state index is 13.4. The van der Waals surface area contributed by atoms with Crippen molar-refractivity contribution in [3.05, 3.63) is 59.2 Å². The van der Waals surface area contributed by atoms with Crippen molar-refractivity contribution in [1.29, 1.82) is 0 Å². The molecule has 3 unspecified atom stereocenters. The van der Waals surface area contributed by atoms with Gasteiger partial charge in [-0.1, -0.05) is 24.3 Å². The number of carbonyl (C=O) groups excluding carboxylic acids is 1. The van der Waals surface area contributed by atoms with Crippen molar-refractivity contribution in [1.82, 2.24) is 15.1 Å². The molecule has 0 spiro atoms. The fourth-order valence-corrected chi connectivity index (χ4v) is 5.62. The Labute approximate surface area is 220 Å². The van der Waals surface area contributed by atoms with Crippen molar-refractivity contribution in [3.8, 4) is 5.75 Å². The zero-order valence-corrected chi connectivity index (χ0v) is 22.2. The van der Waals surface area contributed by atoms with Crippen LogP contribution in [0.3, 0.4) is 0 Å². The number of aliphatic hydroxyl groups excluding tert-OH is 1. The third kappa shape index (κ3) is 6.14. The molecule has 0 saturated carbocycles. The van der Waals surface area contributed by atoms with Crippen molar-refractivity contribution >= 4 is 24.0 Å². The first kappa shape index (κ1) is 26.7. The quantitative estimate of drug-likeness (QED) is 0.618. The molecule has 7 nitrogen and oxygen atoms in total. The largest absolute Gasteiger partial charge is 0.490 e. The van der Waals surface area contributed by atoms with E-state index >= 15 is 0 Å². The second kappa shape index (κ2) is 11.8. The van der Waals surface area contributed by atoms with E-state index < -0.39 is 6.10 Å². The van der Waals surface area contributed by atoms with Gasteiger partial charge in [0.1, 0.15) is 11.9 Å². The number of halogens is 1. The highest BCUT2D eigenvalue weighted by atomic mass is 35.5. The number of rotatable bonds is 6. The summed E-state index contributed by atoms with van der Waals surface area (Å²) in [7, 11) is 2.02. The summed E-state index contributed by atoms with van der Waals surface area (Å²) in [6, 6.07) is 14.8. The molecule has 1 saturated heterocycles. The van der Waals surface area contributed by atoms with Crippen molar-refractivity contribution in [2.24, 2.45) is 0 Å². The molecule has 2 aromatic rings. The second-order valence-electron chi connectivity index (χ2n) is 10.4. The number of amides is 1. The molecule has 196 valence electrons. The molecule has 3 aliphatic rings.